The largest absolute Gasteiger partial charge is 0.496 e. The average Bonchev–Trinajstić information content (AvgIpc) is 2.14. The second-order valence-electron chi connectivity index (χ2n) is 3.92. The Morgan fingerprint density at radius 3 is 2.41 bits per heavy atom. The van der Waals surface area contributed by atoms with E-state index in [9.17, 15) is 13.2 Å². The van der Waals surface area contributed by atoms with Gasteiger partial charge in [-0.3, -0.25) is 0 Å². The van der Waals surface area contributed by atoms with Crippen molar-refractivity contribution in [2.75, 3.05) is 20.3 Å². The van der Waals surface area contributed by atoms with Gasteiger partial charge in [0.2, 0.25) is 0 Å². The summed E-state index contributed by atoms with van der Waals surface area (Å²) in [5.74, 6) is 0.230. The lowest BCUT2D eigenvalue weighted by Crippen LogP contribution is -2.57. The first-order valence-corrected chi connectivity index (χ1v) is 5.68. The van der Waals surface area contributed by atoms with E-state index in [0.29, 0.717) is 4.47 Å². The van der Waals surface area contributed by atoms with Crippen molar-refractivity contribution in [2.24, 2.45) is 0 Å². The molecule has 1 aliphatic heterocycles. The molecule has 0 aliphatic carbocycles. The number of rotatable bonds is 2. The summed E-state index contributed by atoms with van der Waals surface area (Å²) in [6.45, 7) is -0.716. The van der Waals surface area contributed by atoms with Crippen LogP contribution in [0.1, 0.15) is 5.56 Å². The third kappa shape index (κ3) is 1.93. The molecule has 1 fully saturated rings. The van der Waals surface area contributed by atoms with Crippen LogP contribution in [0.4, 0.5) is 13.2 Å². The Bertz CT molecular complexity index is 427. The van der Waals surface area contributed by atoms with Crippen LogP contribution in [0.15, 0.2) is 22.7 Å². The van der Waals surface area contributed by atoms with Crippen LogP contribution in [0, 0.1) is 0 Å². The molecule has 1 saturated heterocycles. The molecule has 0 unspecified atom stereocenters. The van der Waals surface area contributed by atoms with E-state index >= 15 is 0 Å². The summed E-state index contributed by atoms with van der Waals surface area (Å²) in [6, 6.07) is 4.60. The lowest BCUT2D eigenvalue weighted by Gasteiger charge is -2.43. The highest BCUT2D eigenvalue weighted by atomic mass is 79.9. The van der Waals surface area contributed by atoms with Crippen molar-refractivity contribution in [3.63, 3.8) is 0 Å². The maximum Gasteiger partial charge on any atom is 0.403 e. The molecule has 2 nitrogen and oxygen atoms in total. The van der Waals surface area contributed by atoms with Gasteiger partial charge in [-0.05, 0) is 18.2 Å². The highest BCUT2D eigenvalue weighted by Crippen LogP contribution is 2.49. The first kappa shape index (κ1) is 12.7. The van der Waals surface area contributed by atoms with E-state index in [2.05, 4.69) is 15.9 Å². The molecule has 17 heavy (non-hydrogen) atoms. The Kier molecular flexibility index (Phi) is 3.12. The van der Waals surface area contributed by atoms with E-state index in [0.717, 1.165) is 0 Å². The molecule has 0 radical (unpaired) electrons. The van der Waals surface area contributed by atoms with Crippen LogP contribution in [0.25, 0.3) is 0 Å². The molecule has 0 amide bonds. The fourth-order valence-electron chi connectivity index (χ4n) is 1.83. The van der Waals surface area contributed by atoms with Crippen molar-refractivity contribution in [1.82, 2.24) is 0 Å². The molecule has 0 saturated carbocycles. The van der Waals surface area contributed by atoms with Crippen LogP contribution in [0.5, 0.6) is 5.75 Å². The molecule has 1 heterocycles. The topological polar surface area (TPSA) is 18.5 Å². The van der Waals surface area contributed by atoms with Crippen molar-refractivity contribution in [3.8, 4) is 5.75 Å². The minimum absolute atomic E-state index is 0.119. The summed E-state index contributed by atoms with van der Waals surface area (Å²) in [5, 5.41) is 0. The van der Waals surface area contributed by atoms with E-state index in [1.165, 1.54) is 19.2 Å². The van der Waals surface area contributed by atoms with Crippen molar-refractivity contribution in [1.29, 1.82) is 0 Å². The van der Waals surface area contributed by atoms with Crippen LogP contribution in [0.2, 0.25) is 0 Å². The van der Waals surface area contributed by atoms with Gasteiger partial charge in [-0.1, -0.05) is 15.9 Å². The summed E-state index contributed by atoms with van der Waals surface area (Å²) in [6.07, 6.45) is -4.35. The van der Waals surface area contributed by atoms with Gasteiger partial charge in [-0.15, -0.1) is 0 Å². The molecule has 0 bridgehead atoms. The van der Waals surface area contributed by atoms with Gasteiger partial charge in [0.25, 0.3) is 0 Å². The summed E-state index contributed by atoms with van der Waals surface area (Å²) < 4.78 is 49.8. The Morgan fingerprint density at radius 1 is 1.35 bits per heavy atom. The molecule has 0 atom stereocenters. The predicted molar refractivity (Wildman–Crippen MR) is 59.2 cm³/mol. The lowest BCUT2D eigenvalue weighted by atomic mass is 9.77. The quantitative estimate of drug-likeness (QED) is 0.834. The molecule has 1 aromatic rings. The van der Waals surface area contributed by atoms with Gasteiger partial charge in [0.05, 0.1) is 20.3 Å². The zero-order valence-electron chi connectivity index (χ0n) is 8.97. The van der Waals surface area contributed by atoms with Crippen LogP contribution in [0.3, 0.4) is 0 Å². The SMILES string of the molecule is COc1ccc(Br)cc1C1(C(F)(F)F)COC1. The maximum absolute atomic E-state index is 13.1. The average molecular weight is 311 g/mol. The number of alkyl halides is 3. The first-order valence-electron chi connectivity index (χ1n) is 4.89. The zero-order chi connectivity index (χ0) is 12.7. The summed E-state index contributed by atoms with van der Waals surface area (Å²) in [7, 11) is 1.36. The summed E-state index contributed by atoms with van der Waals surface area (Å²) in [4.78, 5) is 0. The Balaban J connectivity index is 2.54. The number of benzene rings is 1. The minimum Gasteiger partial charge on any atom is -0.496 e. The molecule has 1 aromatic carbocycles. The number of hydrogen-bond acceptors (Lipinski definition) is 2. The Hall–Kier alpha value is -0.750. The van der Waals surface area contributed by atoms with Crippen molar-refractivity contribution < 1.29 is 22.6 Å². The van der Waals surface area contributed by atoms with Crippen molar-refractivity contribution >= 4 is 15.9 Å². The number of methoxy groups -OCH3 is 1. The monoisotopic (exact) mass is 310 g/mol. The third-order valence-corrected chi connectivity index (χ3v) is 3.41. The molecule has 6 heteroatoms. The third-order valence-electron chi connectivity index (χ3n) is 2.92. The molecule has 1 aliphatic rings. The van der Waals surface area contributed by atoms with E-state index in [4.69, 9.17) is 9.47 Å². The van der Waals surface area contributed by atoms with Crippen LogP contribution in [-0.2, 0) is 10.2 Å². The van der Waals surface area contributed by atoms with Gasteiger partial charge in [0.15, 0.2) is 0 Å². The van der Waals surface area contributed by atoms with Gasteiger partial charge >= 0.3 is 6.18 Å². The van der Waals surface area contributed by atoms with Crippen LogP contribution in [-0.4, -0.2) is 26.5 Å². The highest BCUT2D eigenvalue weighted by molar-refractivity contribution is 9.10. The van der Waals surface area contributed by atoms with Crippen molar-refractivity contribution in [2.45, 2.75) is 11.6 Å². The fourth-order valence-corrected chi connectivity index (χ4v) is 2.19. The fraction of sp³-hybridized carbons (Fsp3) is 0.455. The number of hydrogen-bond donors (Lipinski definition) is 0. The molecule has 2 rings (SSSR count). The first-order chi connectivity index (χ1) is 7.90. The van der Waals surface area contributed by atoms with Gasteiger partial charge in [-0.2, -0.15) is 13.2 Å². The Labute approximate surface area is 105 Å². The Morgan fingerprint density at radius 2 is 2.00 bits per heavy atom. The lowest BCUT2D eigenvalue weighted by molar-refractivity contribution is -0.262. The zero-order valence-corrected chi connectivity index (χ0v) is 10.6. The van der Waals surface area contributed by atoms with E-state index < -0.39 is 11.6 Å². The van der Waals surface area contributed by atoms with Gasteiger partial charge < -0.3 is 9.47 Å². The molecular weight excluding hydrogens is 301 g/mol. The van der Waals surface area contributed by atoms with Gasteiger partial charge in [-0.25, -0.2) is 0 Å². The number of halogens is 4. The second-order valence-corrected chi connectivity index (χ2v) is 4.83. The highest BCUT2D eigenvalue weighted by Gasteiger charge is 2.62. The van der Waals surface area contributed by atoms with E-state index in [-0.39, 0.29) is 24.5 Å². The smallest absolute Gasteiger partial charge is 0.403 e. The maximum atomic E-state index is 13.1. The summed E-state index contributed by atoms with van der Waals surface area (Å²) >= 11 is 3.17. The molecule has 0 N–H and O–H groups in total. The molecular formula is C11H10BrF3O2. The standard InChI is InChI=1S/C11H10BrF3O2/c1-16-9-3-2-7(12)4-8(9)10(5-17-6-10)11(13,14)15/h2-4H,5-6H2,1H3. The normalized spacial score (nSPS) is 18.6. The molecule has 94 valence electrons. The minimum atomic E-state index is -4.35. The molecule has 0 spiro atoms. The second kappa shape index (κ2) is 4.17. The van der Waals surface area contributed by atoms with Crippen molar-refractivity contribution in [3.05, 3.63) is 28.2 Å². The van der Waals surface area contributed by atoms with E-state index in [1.54, 1.807) is 6.07 Å². The van der Waals surface area contributed by atoms with Crippen LogP contribution >= 0.6 is 15.9 Å². The summed E-state index contributed by atoms with van der Waals surface area (Å²) in [5.41, 5.74) is -1.82. The van der Waals surface area contributed by atoms with Gasteiger partial charge in [0, 0.05) is 10.0 Å². The van der Waals surface area contributed by atoms with Gasteiger partial charge in [0.1, 0.15) is 11.2 Å². The predicted octanol–water partition coefficient (Wildman–Crippen LogP) is 3.29. The molecule has 0 aromatic heterocycles. The van der Waals surface area contributed by atoms with Crippen LogP contribution < -0.4 is 4.74 Å². The van der Waals surface area contributed by atoms with E-state index in [1.807, 2.05) is 0 Å². The number of ether oxygens (including phenoxy) is 2.